The van der Waals surface area contributed by atoms with Crippen molar-refractivity contribution in [1.29, 1.82) is 0 Å². The maximum atomic E-state index is 14.0. The monoisotopic (exact) mass is 337 g/mol. The van der Waals surface area contributed by atoms with Crippen LogP contribution in [0.3, 0.4) is 0 Å². The third-order valence-electron chi connectivity index (χ3n) is 4.02. The summed E-state index contributed by atoms with van der Waals surface area (Å²) in [5.74, 6) is 0.938. The zero-order valence-corrected chi connectivity index (χ0v) is 13.8. The van der Waals surface area contributed by atoms with Crippen LogP contribution in [0.15, 0.2) is 42.9 Å². The Morgan fingerprint density at radius 2 is 2.04 bits per heavy atom. The number of rotatable bonds is 4. The minimum absolute atomic E-state index is 0.323. The van der Waals surface area contributed by atoms with E-state index >= 15 is 0 Å². The van der Waals surface area contributed by atoms with Gasteiger partial charge in [0.1, 0.15) is 23.6 Å². The molecular formula is C17H16FN7. The summed E-state index contributed by atoms with van der Waals surface area (Å²) in [5, 5.41) is 11.8. The van der Waals surface area contributed by atoms with Crippen LogP contribution >= 0.6 is 0 Å². The first-order valence-electron chi connectivity index (χ1n) is 7.93. The zero-order valence-electron chi connectivity index (χ0n) is 13.8. The molecule has 0 fully saturated rings. The van der Waals surface area contributed by atoms with E-state index in [1.807, 2.05) is 19.9 Å². The Balaban J connectivity index is 1.76. The molecule has 0 bridgehead atoms. The Hall–Kier alpha value is -3.29. The lowest BCUT2D eigenvalue weighted by Gasteiger charge is -2.10. The second kappa shape index (κ2) is 5.97. The van der Waals surface area contributed by atoms with Crippen molar-refractivity contribution in [3.05, 3.63) is 60.1 Å². The van der Waals surface area contributed by atoms with E-state index in [1.54, 1.807) is 33.6 Å². The topological polar surface area (TPSA) is 72.9 Å². The Kier molecular flexibility index (Phi) is 3.64. The Bertz CT molecular complexity index is 1050. The molecular weight excluding hydrogens is 321 g/mol. The van der Waals surface area contributed by atoms with Crippen molar-refractivity contribution in [1.82, 2.24) is 29.4 Å². The highest BCUT2D eigenvalue weighted by Gasteiger charge is 2.13. The van der Waals surface area contributed by atoms with Crippen molar-refractivity contribution >= 4 is 17.3 Å². The minimum atomic E-state index is -0.323. The highest BCUT2D eigenvalue weighted by molar-refractivity contribution is 5.61. The van der Waals surface area contributed by atoms with Gasteiger partial charge in [-0.15, -0.1) is 0 Å². The molecule has 0 spiro atoms. The highest BCUT2D eigenvalue weighted by atomic mass is 19.1. The lowest BCUT2D eigenvalue weighted by molar-refractivity contribution is 0.608. The number of anilines is 2. The van der Waals surface area contributed by atoms with Crippen LogP contribution < -0.4 is 5.32 Å². The summed E-state index contributed by atoms with van der Waals surface area (Å²) in [4.78, 5) is 8.57. The molecule has 0 saturated heterocycles. The van der Waals surface area contributed by atoms with Crippen molar-refractivity contribution in [2.75, 3.05) is 5.32 Å². The summed E-state index contributed by atoms with van der Waals surface area (Å²) >= 11 is 0. The molecule has 3 heterocycles. The van der Waals surface area contributed by atoms with E-state index in [-0.39, 0.29) is 5.82 Å². The summed E-state index contributed by atoms with van der Waals surface area (Å²) < 4.78 is 17.2. The maximum absolute atomic E-state index is 14.0. The van der Waals surface area contributed by atoms with E-state index in [0.717, 1.165) is 29.3 Å². The quantitative estimate of drug-likeness (QED) is 0.619. The maximum Gasteiger partial charge on any atom is 0.254 e. The number of hydrogen-bond acceptors (Lipinski definition) is 5. The molecule has 0 aliphatic carbocycles. The zero-order chi connectivity index (χ0) is 17.4. The molecule has 4 rings (SSSR count). The van der Waals surface area contributed by atoms with Crippen LogP contribution in [0, 0.1) is 12.7 Å². The second-order valence-corrected chi connectivity index (χ2v) is 5.59. The molecule has 25 heavy (non-hydrogen) atoms. The largest absolute Gasteiger partial charge is 0.337 e. The lowest BCUT2D eigenvalue weighted by Crippen LogP contribution is -2.05. The van der Waals surface area contributed by atoms with Gasteiger partial charge in [0.15, 0.2) is 0 Å². The van der Waals surface area contributed by atoms with E-state index in [1.165, 1.54) is 12.4 Å². The van der Waals surface area contributed by atoms with Gasteiger partial charge in [-0.25, -0.2) is 14.1 Å². The predicted octanol–water partition coefficient (Wildman–Crippen LogP) is 3.06. The predicted molar refractivity (Wildman–Crippen MR) is 91.7 cm³/mol. The number of hydrogen-bond donors (Lipinski definition) is 1. The molecule has 126 valence electrons. The van der Waals surface area contributed by atoms with Crippen LogP contribution in [0.5, 0.6) is 0 Å². The van der Waals surface area contributed by atoms with E-state index < -0.39 is 0 Å². The van der Waals surface area contributed by atoms with Gasteiger partial charge < -0.3 is 5.32 Å². The summed E-state index contributed by atoms with van der Waals surface area (Å²) in [7, 11) is 0. The van der Waals surface area contributed by atoms with Gasteiger partial charge in [0.05, 0.1) is 17.6 Å². The van der Waals surface area contributed by atoms with Crippen molar-refractivity contribution in [2.45, 2.75) is 20.3 Å². The molecule has 1 N–H and O–H groups in total. The number of nitrogens with one attached hydrogen (secondary N) is 1. The highest BCUT2D eigenvalue weighted by Crippen LogP contribution is 2.24. The molecule has 0 radical (unpaired) electrons. The molecule has 4 aromatic rings. The molecule has 0 unspecified atom stereocenters. The molecule has 8 heteroatoms. The van der Waals surface area contributed by atoms with Gasteiger partial charge in [-0.2, -0.15) is 19.7 Å². The van der Waals surface area contributed by atoms with Gasteiger partial charge >= 0.3 is 0 Å². The Morgan fingerprint density at radius 3 is 2.84 bits per heavy atom. The van der Waals surface area contributed by atoms with Crippen LogP contribution in [0.25, 0.3) is 11.5 Å². The van der Waals surface area contributed by atoms with Crippen LogP contribution in [0.1, 0.15) is 18.3 Å². The van der Waals surface area contributed by atoms with Gasteiger partial charge in [-0.05, 0) is 25.5 Å². The molecule has 0 saturated carbocycles. The lowest BCUT2D eigenvalue weighted by atomic mass is 10.3. The number of aryl methyl sites for hydroxylation is 1. The molecule has 1 aromatic carbocycles. The fraction of sp³-hybridized carbons (Fsp3) is 0.176. The molecule has 7 nitrogen and oxygen atoms in total. The fourth-order valence-electron chi connectivity index (χ4n) is 2.67. The second-order valence-electron chi connectivity index (χ2n) is 5.59. The Labute approximate surface area is 143 Å². The van der Waals surface area contributed by atoms with Crippen LogP contribution in [-0.2, 0) is 6.42 Å². The average Bonchev–Trinajstić information content (AvgIpc) is 3.23. The minimum Gasteiger partial charge on any atom is -0.337 e. The summed E-state index contributed by atoms with van der Waals surface area (Å²) in [6, 6.07) is 8.46. The molecule has 0 aliphatic rings. The SMILES string of the molecule is CCc1cc(Nc2cnn(-c3ccccc3F)c2C)n2ncnc2n1. The van der Waals surface area contributed by atoms with Crippen LogP contribution in [0.2, 0.25) is 0 Å². The van der Waals surface area contributed by atoms with E-state index in [0.29, 0.717) is 11.5 Å². The van der Waals surface area contributed by atoms with Gasteiger partial charge in [0, 0.05) is 11.8 Å². The average molecular weight is 337 g/mol. The van der Waals surface area contributed by atoms with Gasteiger partial charge in [-0.3, -0.25) is 0 Å². The third kappa shape index (κ3) is 2.61. The van der Waals surface area contributed by atoms with Crippen molar-refractivity contribution < 1.29 is 4.39 Å². The van der Waals surface area contributed by atoms with Crippen LogP contribution in [-0.4, -0.2) is 29.4 Å². The van der Waals surface area contributed by atoms with Crippen LogP contribution in [0.4, 0.5) is 15.9 Å². The summed E-state index contributed by atoms with van der Waals surface area (Å²) in [6.45, 7) is 3.91. The molecule has 0 amide bonds. The number of nitrogens with zero attached hydrogens (tertiary/aromatic N) is 6. The Morgan fingerprint density at radius 1 is 1.20 bits per heavy atom. The van der Waals surface area contributed by atoms with Gasteiger partial charge in [-0.1, -0.05) is 19.1 Å². The van der Waals surface area contributed by atoms with Gasteiger partial charge in [0.2, 0.25) is 0 Å². The molecule has 0 aliphatic heterocycles. The molecule has 0 atom stereocenters. The van der Waals surface area contributed by atoms with E-state index in [2.05, 4.69) is 25.5 Å². The first-order chi connectivity index (χ1) is 12.2. The standard InChI is InChI=1S/C17H16FN7/c1-3-12-8-16(25-17(22-12)19-10-21-25)23-14-9-20-24(11(14)2)15-7-5-4-6-13(15)18/h4-10,23H,3H2,1-2H3. The number of fused-ring (bicyclic) bond motifs is 1. The first kappa shape index (κ1) is 15.3. The number of benzene rings is 1. The summed E-state index contributed by atoms with van der Waals surface area (Å²) in [6.07, 6.45) is 3.91. The van der Waals surface area contributed by atoms with E-state index in [9.17, 15) is 4.39 Å². The van der Waals surface area contributed by atoms with Crippen molar-refractivity contribution in [3.8, 4) is 5.69 Å². The number of halogens is 1. The third-order valence-corrected chi connectivity index (χ3v) is 4.02. The van der Waals surface area contributed by atoms with Crippen molar-refractivity contribution in [3.63, 3.8) is 0 Å². The molecule has 3 aromatic heterocycles. The summed E-state index contributed by atoms with van der Waals surface area (Å²) in [5.41, 5.74) is 2.85. The smallest absolute Gasteiger partial charge is 0.254 e. The fourth-order valence-corrected chi connectivity index (χ4v) is 2.67. The first-order valence-corrected chi connectivity index (χ1v) is 7.93. The van der Waals surface area contributed by atoms with E-state index in [4.69, 9.17) is 0 Å². The number of aromatic nitrogens is 6. The van der Waals surface area contributed by atoms with Gasteiger partial charge in [0.25, 0.3) is 5.78 Å². The normalized spacial score (nSPS) is 11.2. The number of para-hydroxylation sites is 1. The van der Waals surface area contributed by atoms with Crippen molar-refractivity contribution in [2.24, 2.45) is 0 Å².